The highest BCUT2D eigenvalue weighted by Crippen LogP contribution is 2.21. The van der Waals surface area contributed by atoms with Crippen LogP contribution in [0.1, 0.15) is 30.8 Å². The average molecular weight is 375 g/mol. The molecular formula is C20H27ClN4O. The highest BCUT2D eigenvalue weighted by Gasteiger charge is 2.24. The summed E-state index contributed by atoms with van der Waals surface area (Å²) in [5.41, 5.74) is 3.90. The van der Waals surface area contributed by atoms with Gasteiger partial charge in [0.05, 0.1) is 17.8 Å². The van der Waals surface area contributed by atoms with Crippen LogP contribution in [-0.2, 0) is 11.2 Å². The molecule has 0 atom stereocenters. The van der Waals surface area contributed by atoms with Crippen LogP contribution in [0.3, 0.4) is 0 Å². The fourth-order valence-corrected chi connectivity index (χ4v) is 3.64. The van der Waals surface area contributed by atoms with Crippen molar-refractivity contribution in [2.75, 3.05) is 26.2 Å². The molecule has 0 saturated carbocycles. The predicted molar refractivity (Wildman–Crippen MR) is 105 cm³/mol. The quantitative estimate of drug-likeness (QED) is 0.825. The zero-order valence-electron chi connectivity index (χ0n) is 16.0. The Morgan fingerprint density at radius 2 is 1.73 bits per heavy atom. The Balaban J connectivity index is 1.72. The number of hydrogen-bond donors (Lipinski definition) is 0. The van der Waals surface area contributed by atoms with Crippen LogP contribution in [0.2, 0.25) is 5.02 Å². The lowest BCUT2D eigenvalue weighted by Gasteiger charge is -2.37. The monoisotopic (exact) mass is 374 g/mol. The lowest BCUT2D eigenvalue weighted by Crippen LogP contribution is -2.51. The van der Waals surface area contributed by atoms with Gasteiger partial charge in [-0.05, 0) is 52.0 Å². The van der Waals surface area contributed by atoms with Crippen LogP contribution in [0.5, 0.6) is 0 Å². The molecule has 1 aromatic heterocycles. The number of aromatic nitrogens is 2. The number of carbonyl (C=O) groups is 1. The number of halogens is 1. The van der Waals surface area contributed by atoms with Crippen molar-refractivity contribution in [1.82, 2.24) is 19.6 Å². The standard InChI is InChI=1S/C20H27ClN4O/c1-14(2)23-9-11-24(12-10-23)20(26)13-19-15(3)22-25(16(19)4)18-7-5-17(21)6-8-18/h5-8,14H,9-13H2,1-4H3. The van der Waals surface area contributed by atoms with Gasteiger partial charge in [-0.2, -0.15) is 5.10 Å². The SMILES string of the molecule is Cc1nn(-c2ccc(Cl)cc2)c(C)c1CC(=O)N1CCN(C(C)C)CC1. The third-order valence-electron chi connectivity index (χ3n) is 5.24. The Bertz CT molecular complexity index is 774. The van der Waals surface area contributed by atoms with E-state index in [0.717, 1.165) is 48.8 Å². The molecule has 1 aromatic carbocycles. The molecule has 1 saturated heterocycles. The van der Waals surface area contributed by atoms with Crippen LogP contribution in [-0.4, -0.2) is 57.7 Å². The minimum absolute atomic E-state index is 0.190. The minimum atomic E-state index is 0.190. The fourth-order valence-electron chi connectivity index (χ4n) is 3.52. The zero-order chi connectivity index (χ0) is 18.8. The number of piperazine rings is 1. The van der Waals surface area contributed by atoms with Gasteiger partial charge < -0.3 is 4.90 Å². The van der Waals surface area contributed by atoms with Crippen molar-refractivity contribution in [2.24, 2.45) is 0 Å². The minimum Gasteiger partial charge on any atom is -0.340 e. The molecule has 0 aliphatic carbocycles. The molecule has 1 aliphatic rings. The van der Waals surface area contributed by atoms with Crippen molar-refractivity contribution in [3.05, 3.63) is 46.2 Å². The van der Waals surface area contributed by atoms with Gasteiger partial charge in [-0.3, -0.25) is 9.69 Å². The first-order chi connectivity index (χ1) is 12.4. The molecule has 0 bridgehead atoms. The van der Waals surface area contributed by atoms with E-state index >= 15 is 0 Å². The molecule has 140 valence electrons. The third-order valence-corrected chi connectivity index (χ3v) is 5.49. The van der Waals surface area contributed by atoms with E-state index in [0.29, 0.717) is 17.5 Å². The smallest absolute Gasteiger partial charge is 0.227 e. The summed E-state index contributed by atoms with van der Waals surface area (Å²) in [7, 11) is 0. The summed E-state index contributed by atoms with van der Waals surface area (Å²) in [5, 5.41) is 5.34. The number of rotatable bonds is 4. The van der Waals surface area contributed by atoms with Crippen LogP contribution in [0.25, 0.3) is 5.69 Å². The Morgan fingerprint density at radius 1 is 1.12 bits per heavy atom. The van der Waals surface area contributed by atoms with Crippen LogP contribution in [0.15, 0.2) is 24.3 Å². The van der Waals surface area contributed by atoms with Crippen molar-refractivity contribution in [1.29, 1.82) is 0 Å². The average Bonchev–Trinajstić information content (AvgIpc) is 2.90. The topological polar surface area (TPSA) is 41.4 Å². The Morgan fingerprint density at radius 3 is 2.31 bits per heavy atom. The molecular weight excluding hydrogens is 348 g/mol. The number of amides is 1. The van der Waals surface area contributed by atoms with Crippen LogP contribution in [0, 0.1) is 13.8 Å². The number of carbonyl (C=O) groups excluding carboxylic acids is 1. The third kappa shape index (κ3) is 3.94. The summed E-state index contributed by atoms with van der Waals surface area (Å²) in [6.45, 7) is 11.9. The lowest BCUT2D eigenvalue weighted by atomic mass is 10.1. The number of hydrogen-bond acceptors (Lipinski definition) is 3. The number of nitrogens with zero attached hydrogens (tertiary/aromatic N) is 4. The van der Waals surface area contributed by atoms with Crippen LogP contribution < -0.4 is 0 Å². The summed E-state index contributed by atoms with van der Waals surface area (Å²) < 4.78 is 1.89. The van der Waals surface area contributed by atoms with Crippen LogP contribution in [0.4, 0.5) is 0 Å². The summed E-state index contributed by atoms with van der Waals surface area (Å²) in [4.78, 5) is 17.2. The molecule has 1 aliphatic heterocycles. The molecule has 1 fully saturated rings. The second-order valence-corrected chi connectivity index (χ2v) is 7.66. The van der Waals surface area contributed by atoms with Gasteiger partial charge in [-0.15, -0.1) is 0 Å². The van der Waals surface area contributed by atoms with E-state index in [1.807, 2.05) is 47.7 Å². The van der Waals surface area contributed by atoms with E-state index in [9.17, 15) is 4.79 Å². The Hall–Kier alpha value is -1.85. The summed E-state index contributed by atoms with van der Waals surface area (Å²) in [6.07, 6.45) is 0.410. The molecule has 3 rings (SSSR count). The molecule has 0 radical (unpaired) electrons. The van der Waals surface area contributed by atoms with Crippen molar-refractivity contribution >= 4 is 17.5 Å². The summed E-state index contributed by atoms with van der Waals surface area (Å²) in [6, 6.07) is 8.13. The number of benzene rings is 1. The maximum Gasteiger partial charge on any atom is 0.227 e. The molecule has 1 amide bonds. The first-order valence-corrected chi connectivity index (χ1v) is 9.57. The van der Waals surface area contributed by atoms with Crippen molar-refractivity contribution in [3.8, 4) is 5.69 Å². The van der Waals surface area contributed by atoms with Crippen molar-refractivity contribution in [3.63, 3.8) is 0 Å². The van der Waals surface area contributed by atoms with E-state index in [4.69, 9.17) is 11.6 Å². The van der Waals surface area contributed by atoms with Gasteiger partial charge in [0, 0.05) is 48.5 Å². The second-order valence-electron chi connectivity index (χ2n) is 7.22. The second kappa shape index (κ2) is 7.80. The van der Waals surface area contributed by atoms with Gasteiger partial charge in [-0.25, -0.2) is 4.68 Å². The van der Waals surface area contributed by atoms with Gasteiger partial charge in [0.25, 0.3) is 0 Å². The molecule has 2 heterocycles. The first-order valence-electron chi connectivity index (χ1n) is 9.19. The molecule has 26 heavy (non-hydrogen) atoms. The fraction of sp³-hybridized carbons (Fsp3) is 0.500. The van der Waals surface area contributed by atoms with Gasteiger partial charge in [0.15, 0.2) is 0 Å². The molecule has 2 aromatic rings. The lowest BCUT2D eigenvalue weighted by molar-refractivity contribution is -0.132. The molecule has 0 N–H and O–H groups in total. The first kappa shape index (κ1) is 18.9. The van der Waals surface area contributed by atoms with E-state index in [-0.39, 0.29) is 5.91 Å². The van der Waals surface area contributed by atoms with E-state index < -0.39 is 0 Å². The summed E-state index contributed by atoms with van der Waals surface area (Å²) in [5.74, 6) is 0.190. The van der Waals surface area contributed by atoms with Crippen molar-refractivity contribution < 1.29 is 4.79 Å². The van der Waals surface area contributed by atoms with Crippen molar-refractivity contribution in [2.45, 2.75) is 40.2 Å². The van der Waals surface area contributed by atoms with Gasteiger partial charge in [0.1, 0.15) is 0 Å². The molecule has 6 heteroatoms. The zero-order valence-corrected chi connectivity index (χ0v) is 16.8. The van der Waals surface area contributed by atoms with E-state index in [1.54, 1.807) is 0 Å². The van der Waals surface area contributed by atoms with E-state index in [2.05, 4.69) is 23.8 Å². The Kier molecular flexibility index (Phi) is 5.68. The van der Waals surface area contributed by atoms with E-state index in [1.165, 1.54) is 0 Å². The van der Waals surface area contributed by atoms with Gasteiger partial charge >= 0.3 is 0 Å². The van der Waals surface area contributed by atoms with Crippen LogP contribution >= 0.6 is 11.6 Å². The predicted octanol–water partition coefficient (Wildman–Crippen LogP) is 3.24. The molecule has 0 unspecified atom stereocenters. The maximum absolute atomic E-state index is 12.8. The number of aryl methyl sites for hydroxylation is 1. The Labute approximate surface area is 160 Å². The molecule has 5 nitrogen and oxygen atoms in total. The van der Waals surface area contributed by atoms with Gasteiger partial charge in [0.2, 0.25) is 5.91 Å². The maximum atomic E-state index is 12.8. The van der Waals surface area contributed by atoms with Gasteiger partial charge in [-0.1, -0.05) is 11.6 Å². The summed E-state index contributed by atoms with van der Waals surface area (Å²) >= 11 is 5.98. The highest BCUT2D eigenvalue weighted by molar-refractivity contribution is 6.30. The largest absolute Gasteiger partial charge is 0.340 e. The normalized spacial score (nSPS) is 15.7. The molecule has 0 spiro atoms. The highest BCUT2D eigenvalue weighted by atomic mass is 35.5.